The molecule has 37 heavy (non-hydrogen) atoms. The lowest BCUT2D eigenvalue weighted by Crippen LogP contribution is -2.52. The number of nitrogens with zero attached hydrogens (tertiary/aromatic N) is 1. The van der Waals surface area contributed by atoms with Gasteiger partial charge in [-0.3, -0.25) is 0 Å². The van der Waals surface area contributed by atoms with E-state index in [0.717, 1.165) is 0 Å². The highest BCUT2D eigenvalue weighted by Crippen LogP contribution is 2.34. The fraction of sp³-hybridized carbons (Fsp3) is 0.829. The van der Waals surface area contributed by atoms with Gasteiger partial charge in [0.1, 0.15) is 5.37 Å². The summed E-state index contributed by atoms with van der Waals surface area (Å²) in [4.78, 5) is 1.46. The van der Waals surface area contributed by atoms with Crippen molar-refractivity contribution in [2.75, 3.05) is 20.1 Å². The van der Waals surface area contributed by atoms with Crippen molar-refractivity contribution in [3.63, 3.8) is 0 Å². The van der Waals surface area contributed by atoms with Crippen LogP contribution in [0, 0.1) is 0 Å². The van der Waals surface area contributed by atoms with Crippen molar-refractivity contribution in [3.8, 4) is 0 Å². The Morgan fingerprint density at radius 1 is 0.514 bits per heavy atom. The van der Waals surface area contributed by atoms with Gasteiger partial charge in [-0.25, -0.2) is 0 Å². The van der Waals surface area contributed by atoms with Gasteiger partial charge in [0.25, 0.3) is 0 Å². The molecule has 0 bridgehead atoms. The third-order valence-corrected chi connectivity index (χ3v) is 9.85. The van der Waals surface area contributed by atoms with E-state index in [4.69, 9.17) is 0 Å². The molecule has 0 heterocycles. The monoisotopic (exact) mass is 532 g/mol. The smallest absolute Gasteiger partial charge is 0.140 e. The van der Waals surface area contributed by atoms with Crippen LogP contribution in [0.4, 0.5) is 0 Å². The fourth-order valence-electron chi connectivity index (χ4n) is 5.72. The van der Waals surface area contributed by atoms with E-state index in [-0.39, 0.29) is 0 Å². The third-order valence-electron chi connectivity index (χ3n) is 8.29. The van der Waals surface area contributed by atoms with Gasteiger partial charge in [0.2, 0.25) is 0 Å². The van der Waals surface area contributed by atoms with E-state index in [1.807, 2.05) is 0 Å². The molecular weight excluding hydrogens is 466 g/mol. The molecule has 0 fully saturated rings. The average molecular weight is 533 g/mol. The van der Waals surface area contributed by atoms with E-state index in [9.17, 15) is 0 Å². The second kappa shape index (κ2) is 24.6. The van der Waals surface area contributed by atoms with E-state index in [1.54, 1.807) is 0 Å². The van der Waals surface area contributed by atoms with E-state index in [0.29, 0.717) is 5.37 Å². The number of hydrogen-bond donors (Lipinski definition) is 0. The van der Waals surface area contributed by atoms with Crippen molar-refractivity contribution in [1.82, 2.24) is 0 Å². The molecule has 0 saturated carbocycles. The van der Waals surface area contributed by atoms with Gasteiger partial charge in [0.05, 0.1) is 20.1 Å². The molecule has 1 rings (SSSR count). The molecule has 1 nitrogen and oxygen atoms in total. The van der Waals surface area contributed by atoms with E-state index < -0.39 is 0 Å². The SMILES string of the molecule is CCCCCCCCCCCC[N+](C)(CCCCCCCCCCCC)C(CCC)Sc1ccccc1. The summed E-state index contributed by atoms with van der Waals surface area (Å²) in [5.74, 6) is 0. The Bertz CT molecular complexity index is 562. The molecular formula is C35H66NS+. The topological polar surface area (TPSA) is 0 Å². The minimum atomic E-state index is 0.685. The van der Waals surface area contributed by atoms with Gasteiger partial charge >= 0.3 is 0 Å². The summed E-state index contributed by atoms with van der Waals surface area (Å²) in [7, 11) is 2.59. The van der Waals surface area contributed by atoms with Crippen LogP contribution < -0.4 is 0 Å². The normalized spacial score (nSPS) is 12.8. The maximum absolute atomic E-state index is 2.59. The van der Waals surface area contributed by atoms with Crippen LogP contribution in [0.25, 0.3) is 0 Å². The molecule has 216 valence electrons. The first kappa shape index (κ1) is 34.6. The van der Waals surface area contributed by atoms with Crippen molar-refractivity contribution >= 4 is 11.8 Å². The molecule has 0 aliphatic heterocycles. The highest BCUT2D eigenvalue weighted by Gasteiger charge is 2.32. The number of rotatable bonds is 27. The quantitative estimate of drug-likeness (QED) is 0.0470. The minimum absolute atomic E-state index is 0.685. The summed E-state index contributed by atoms with van der Waals surface area (Å²) in [5, 5.41) is 0.685. The van der Waals surface area contributed by atoms with Crippen molar-refractivity contribution in [2.24, 2.45) is 0 Å². The first-order chi connectivity index (χ1) is 18.2. The Morgan fingerprint density at radius 3 is 1.27 bits per heavy atom. The second-order valence-electron chi connectivity index (χ2n) is 12.0. The van der Waals surface area contributed by atoms with E-state index in [2.05, 4.69) is 69.9 Å². The van der Waals surface area contributed by atoms with Crippen LogP contribution in [0.2, 0.25) is 0 Å². The molecule has 0 spiro atoms. The first-order valence-electron chi connectivity index (χ1n) is 16.7. The number of thioether (sulfide) groups is 1. The maximum atomic E-state index is 2.59. The number of benzene rings is 1. The molecule has 0 aromatic heterocycles. The van der Waals surface area contributed by atoms with Gasteiger partial charge in [-0.2, -0.15) is 0 Å². The zero-order chi connectivity index (χ0) is 26.9. The molecule has 0 aliphatic rings. The van der Waals surface area contributed by atoms with Crippen LogP contribution >= 0.6 is 11.8 Å². The first-order valence-corrected chi connectivity index (χ1v) is 17.6. The molecule has 0 aliphatic carbocycles. The summed E-state index contributed by atoms with van der Waals surface area (Å²) in [6.07, 6.45) is 31.3. The molecule has 1 aromatic carbocycles. The van der Waals surface area contributed by atoms with Crippen LogP contribution in [0.15, 0.2) is 35.2 Å². The van der Waals surface area contributed by atoms with Gasteiger partial charge in [0, 0.05) is 11.3 Å². The van der Waals surface area contributed by atoms with E-state index >= 15 is 0 Å². The minimum Gasteiger partial charge on any atom is -0.315 e. The number of quaternary nitrogens is 1. The molecule has 0 amide bonds. The number of hydrogen-bond acceptors (Lipinski definition) is 1. The van der Waals surface area contributed by atoms with Gasteiger partial charge in [-0.15, -0.1) is 0 Å². The van der Waals surface area contributed by atoms with Crippen LogP contribution in [0.1, 0.15) is 162 Å². The van der Waals surface area contributed by atoms with Crippen molar-refractivity contribution in [3.05, 3.63) is 30.3 Å². The lowest BCUT2D eigenvalue weighted by molar-refractivity contribution is -0.920. The standard InChI is InChI=1S/C35H66NS/c1-5-8-10-12-14-16-18-20-22-27-32-36(4,33-28-23-21-19-17-15-13-11-9-6-2)35(29-7-3)37-34-30-25-24-26-31-34/h24-26,30-31,35H,5-23,27-29,32-33H2,1-4H3/q+1. The van der Waals surface area contributed by atoms with Gasteiger partial charge in [-0.05, 0) is 44.2 Å². The largest absolute Gasteiger partial charge is 0.315 e. The van der Waals surface area contributed by atoms with Crippen LogP contribution in [-0.4, -0.2) is 30.0 Å². The molecule has 0 saturated heterocycles. The van der Waals surface area contributed by atoms with Crippen LogP contribution in [0.5, 0.6) is 0 Å². The van der Waals surface area contributed by atoms with Gasteiger partial charge in [0.15, 0.2) is 0 Å². The van der Waals surface area contributed by atoms with Crippen LogP contribution in [0.3, 0.4) is 0 Å². The average Bonchev–Trinajstić information content (AvgIpc) is 2.91. The highest BCUT2D eigenvalue weighted by atomic mass is 32.2. The molecule has 1 atom stereocenters. The Morgan fingerprint density at radius 2 is 0.892 bits per heavy atom. The Hall–Kier alpha value is -0.470. The van der Waals surface area contributed by atoms with Crippen molar-refractivity contribution < 1.29 is 4.48 Å². The lowest BCUT2D eigenvalue weighted by atomic mass is 10.1. The third kappa shape index (κ3) is 18.4. The predicted octanol–water partition coefficient (Wildman–Crippen LogP) is 12.2. The summed E-state index contributed by atoms with van der Waals surface area (Å²) in [5.41, 5.74) is 0. The molecule has 0 N–H and O–H groups in total. The Balaban J connectivity index is 2.47. The highest BCUT2D eigenvalue weighted by molar-refractivity contribution is 7.99. The lowest BCUT2D eigenvalue weighted by Gasteiger charge is -2.42. The Labute approximate surface area is 238 Å². The summed E-state index contributed by atoms with van der Waals surface area (Å²) in [6, 6.07) is 11.2. The van der Waals surface area contributed by atoms with Crippen molar-refractivity contribution in [1.29, 1.82) is 0 Å². The van der Waals surface area contributed by atoms with Crippen LogP contribution in [-0.2, 0) is 0 Å². The fourth-order valence-corrected chi connectivity index (χ4v) is 7.17. The molecule has 0 radical (unpaired) electrons. The Kier molecular flexibility index (Phi) is 22.9. The van der Waals surface area contributed by atoms with Gasteiger partial charge < -0.3 is 4.48 Å². The zero-order valence-corrected chi connectivity index (χ0v) is 26.6. The van der Waals surface area contributed by atoms with Gasteiger partial charge in [-0.1, -0.05) is 153 Å². The predicted molar refractivity (Wildman–Crippen MR) is 171 cm³/mol. The van der Waals surface area contributed by atoms with E-state index in [1.165, 1.54) is 164 Å². The summed E-state index contributed by atoms with van der Waals surface area (Å²) < 4.78 is 1.27. The molecule has 1 unspecified atom stereocenters. The second-order valence-corrected chi connectivity index (χ2v) is 13.2. The zero-order valence-electron chi connectivity index (χ0n) is 25.8. The molecule has 1 aromatic rings. The number of unbranched alkanes of at least 4 members (excludes halogenated alkanes) is 18. The van der Waals surface area contributed by atoms with Crippen molar-refractivity contribution in [2.45, 2.75) is 172 Å². The summed E-state index contributed by atoms with van der Waals surface area (Å²) >= 11 is 2.16. The maximum Gasteiger partial charge on any atom is 0.140 e. The molecule has 2 heteroatoms. The summed E-state index contributed by atoms with van der Waals surface area (Å²) in [6.45, 7) is 9.72.